The first-order valence-corrected chi connectivity index (χ1v) is 9.98. The van der Waals surface area contributed by atoms with Gasteiger partial charge in [-0.3, -0.25) is 9.78 Å². The maximum atomic E-state index is 12.3. The molecule has 26 heavy (non-hydrogen) atoms. The fourth-order valence-corrected chi connectivity index (χ4v) is 3.84. The summed E-state index contributed by atoms with van der Waals surface area (Å²) in [6.45, 7) is 2.67. The zero-order chi connectivity index (χ0) is 18.2. The van der Waals surface area contributed by atoms with Gasteiger partial charge in [0.1, 0.15) is 5.69 Å². The van der Waals surface area contributed by atoms with Crippen molar-refractivity contribution < 1.29 is 4.79 Å². The van der Waals surface area contributed by atoms with Crippen LogP contribution in [-0.2, 0) is 5.75 Å². The molecule has 1 aromatic heterocycles. The summed E-state index contributed by atoms with van der Waals surface area (Å²) in [5.74, 6) is 1.42. The number of rotatable bonds is 7. The van der Waals surface area contributed by atoms with Gasteiger partial charge in [0.25, 0.3) is 5.91 Å². The van der Waals surface area contributed by atoms with Crippen molar-refractivity contribution in [1.29, 1.82) is 5.26 Å². The lowest BCUT2D eigenvalue weighted by atomic mass is 10.1. The SMILES string of the molecule is N#Cc1ccccc1CSCCNC(=O)c1cc(N2CCCC2)ccn1. The van der Waals surface area contributed by atoms with Crippen LogP contribution in [-0.4, -0.2) is 36.3 Å². The normalized spacial score (nSPS) is 13.4. The Labute approximate surface area is 158 Å². The molecule has 1 aliphatic heterocycles. The van der Waals surface area contributed by atoms with Crippen molar-refractivity contribution in [3.63, 3.8) is 0 Å². The molecular formula is C20H22N4OS. The van der Waals surface area contributed by atoms with Gasteiger partial charge in [-0.25, -0.2) is 0 Å². The summed E-state index contributed by atoms with van der Waals surface area (Å²) in [6, 6.07) is 13.7. The molecule has 0 atom stereocenters. The van der Waals surface area contributed by atoms with E-state index in [-0.39, 0.29) is 5.91 Å². The van der Waals surface area contributed by atoms with Gasteiger partial charge in [-0.15, -0.1) is 0 Å². The van der Waals surface area contributed by atoms with E-state index < -0.39 is 0 Å². The first-order valence-electron chi connectivity index (χ1n) is 8.83. The van der Waals surface area contributed by atoms with Gasteiger partial charge in [-0.2, -0.15) is 17.0 Å². The van der Waals surface area contributed by atoms with Crippen molar-refractivity contribution in [3.05, 3.63) is 59.4 Å². The summed E-state index contributed by atoms with van der Waals surface area (Å²) in [5.41, 5.74) is 3.29. The standard InChI is InChI=1S/C20H22N4OS/c21-14-16-5-1-2-6-17(16)15-26-12-9-23-20(25)19-13-18(7-8-22-19)24-10-3-4-11-24/h1-2,5-8,13H,3-4,9-12,15H2,(H,23,25). The minimum absolute atomic E-state index is 0.135. The number of aromatic nitrogens is 1. The number of nitriles is 1. The van der Waals surface area contributed by atoms with E-state index in [1.165, 1.54) is 12.8 Å². The van der Waals surface area contributed by atoms with Crippen molar-refractivity contribution in [3.8, 4) is 6.07 Å². The second kappa shape index (κ2) is 9.25. The highest BCUT2D eigenvalue weighted by Gasteiger charge is 2.14. The van der Waals surface area contributed by atoms with Gasteiger partial charge >= 0.3 is 0 Å². The molecule has 3 rings (SSSR count). The van der Waals surface area contributed by atoms with E-state index in [0.29, 0.717) is 17.8 Å². The number of carbonyl (C=O) groups excluding carboxylic acids is 1. The zero-order valence-electron chi connectivity index (χ0n) is 14.6. The molecule has 1 aromatic carbocycles. The fraction of sp³-hybridized carbons (Fsp3) is 0.350. The van der Waals surface area contributed by atoms with Crippen molar-refractivity contribution in [2.24, 2.45) is 0 Å². The van der Waals surface area contributed by atoms with Gasteiger partial charge < -0.3 is 10.2 Å². The number of nitrogens with one attached hydrogen (secondary N) is 1. The summed E-state index contributed by atoms with van der Waals surface area (Å²) in [4.78, 5) is 18.8. The number of pyridine rings is 1. The Morgan fingerprint density at radius 3 is 2.88 bits per heavy atom. The lowest BCUT2D eigenvalue weighted by Gasteiger charge is -2.17. The van der Waals surface area contributed by atoms with Crippen LogP contribution < -0.4 is 10.2 Å². The predicted molar refractivity (Wildman–Crippen MR) is 105 cm³/mol. The summed E-state index contributed by atoms with van der Waals surface area (Å²) in [7, 11) is 0. The molecule has 1 saturated heterocycles. The Hall–Kier alpha value is -2.52. The van der Waals surface area contributed by atoms with Crippen LogP contribution in [0, 0.1) is 11.3 Å². The third-order valence-corrected chi connectivity index (χ3v) is 5.38. The second-order valence-electron chi connectivity index (χ2n) is 6.17. The minimum atomic E-state index is -0.135. The van der Waals surface area contributed by atoms with E-state index in [4.69, 9.17) is 5.26 Å². The maximum absolute atomic E-state index is 12.3. The number of hydrogen-bond donors (Lipinski definition) is 1. The summed E-state index contributed by atoms with van der Waals surface area (Å²) < 4.78 is 0. The third-order valence-electron chi connectivity index (χ3n) is 4.37. The van der Waals surface area contributed by atoms with Crippen molar-refractivity contribution in [2.75, 3.05) is 30.3 Å². The molecule has 1 amide bonds. The lowest BCUT2D eigenvalue weighted by Crippen LogP contribution is -2.27. The Balaban J connectivity index is 1.44. The third kappa shape index (κ3) is 4.77. The van der Waals surface area contributed by atoms with Crippen LogP contribution in [0.4, 0.5) is 5.69 Å². The van der Waals surface area contributed by atoms with Gasteiger partial charge in [0, 0.05) is 43.0 Å². The van der Waals surface area contributed by atoms with Gasteiger partial charge in [-0.1, -0.05) is 18.2 Å². The van der Waals surface area contributed by atoms with E-state index in [1.54, 1.807) is 18.0 Å². The number of benzene rings is 1. The molecular weight excluding hydrogens is 344 g/mol. The van der Waals surface area contributed by atoms with Gasteiger partial charge in [0.05, 0.1) is 11.6 Å². The Morgan fingerprint density at radius 2 is 2.08 bits per heavy atom. The van der Waals surface area contributed by atoms with Crippen LogP contribution in [0.3, 0.4) is 0 Å². The number of thioether (sulfide) groups is 1. The average molecular weight is 366 g/mol. The first-order chi connectivity index (χ1) is 12.8. The van der Waals surface area contributed by atoms with Crippen LogP contribution >= 0.6 is 11.8 Å². The summed E-state index contributed by atoms with van der Waals surface area (Å²) in [5, 5.41) is 12.0. The molecule has 6 heteroatoms. The molecule has 0 unspecified atom stereocenters. The summed E-state index contributed by atoms with van der Waals surface area (Å²) >= 11 is 1.70. The Morgan fingerprint density at radius 1 is 1.27 bits per heavy atom. The van der Waals surface area contributed by atoms with Crippen LogP contribution in [0.15, 0.2) is 42.6 Å². The van der Waals surface area contributed by atoms with Crippen LogP contribution in [0.25, 0.3) is 0 Å². The van der Waals surface area contributed by atoms with Crippen molar-refractivity contribution in [1.82, 2.24) is 10.3 Å². The molecule has 1 N–H and O–H groups in total. The lowest BCUT2D eigenvalue weighted by molar-refractivity contribution is 0.0951. The molecule has 134 valence electrons. The van der Waals surface area contributed by atoms with E-state index >= 15 is 0 Å². The van der Waals surface area contributed by atoms with E-state index in [9.17, 15) is 4.79 Å². The molecule has 0 radical (unpaired) electrons. The fourth-order valence-electron chi connectivity index (χ4n) is 2.98. The van der Waals surface area contributed by atoms with Crippen LogP contribution in [0.2, 0.25) is 0 Å². The molecule has 0 bridgehead atoms. The monoisotopic (exact) mass is 366 g/mol. The Bertz CT molecular complexity index is 796. The minimum Gasteiger partial charge on any atom is -0.371 e. The van der Waals surface area contributed by atoms with Gasteiger partial charge in [-0.05, 0) is 36.6 Å². The Kier molecular flexibility index (Phi) is 6.50. The molecule has 0 spiro atoms. The molecule has 1 fully saturated rings. The molecule has 1 aliphatic rings. The quantitative estimate of drug-likeness (QED) is 0.762. The highest BCUT2D eigenvalue weighted by molar-refractivity contribution is 7.98. The average Bonchev–Trinajstić information content (AvgIpc) is 3.23. The molecule has 2 heterocycles. The molecule has 0 saturated carbocycles. The van der Waals surface area contributed by atoms with E-state index in [1.807, 2.05) is 36.4 Å². The highest BCUT2D eigenvalue weighted by atomic mass is 32.2. The number of amides is 1. The number of nitrogens with zero attached hydrogens (tertiary/aromatic N) is 3. The van der Waals surface area contributed by atoms with E-state index in [2.05, 4.69) is 21.3 Å². The molecule has 5 nitrogen and oxygen atoms in total. The predicted octanol–water partition coefficient (Wildman–Crippen LogP) is 3.22. The van der Waals surface area contributed by atoms with Crippen molar-refractivity contribution in [2.45, 2.75) is 18.6 Å². The van der Waals surface area contributed by atoms with Crippen LogP contribution in [0.5, 0.6) is 0 Å². The van der Waals surface area contributed by atoms with E-state index in [0.717, 1.165) is 35.8 Å². The largest absolute Gasteiger partial charge is 0.371 e. The first kappa shape index (κ1) is 18.3. The highest BCUT2D eigenvalue weighted by Crippen LogP contribution is 2.20. The second-order valence-corrected chi connectivity index (χ2v) is 7.28. The van der Waals surface area contributed by atoms with Gasteiger partial charge in [0.15, 0.2) is 0 Å². The smallest absolute Gasteiger partial charge is 0.269 e. The zero-order valence-corrected chi connectivity index (χ0v) is 15.5. The topological polar surface area (TPSA) is 69.0 Å². The maximum Gasteiger partial charge on any atom is 0.269 e. The molecule has 0 aliphatic carbocycles. The van der Waals surface area contributed by atoms with Crippen molar-refractivity contribution >= 4 is 23.4 Å². The van der Waals surface area contributed by atoms with Gasteiger partial charge in [0.2, 0.25) is 0 Å². The number of hydrogen-bond acceptors (Lipinski definition) is 5. The van der Waals surface area contributed by atoms with Crippen LogP contribution in [0.1, 0.15) is 34.5 Å². The number of carbonyl (C=O) groups is 1. The molecule has 2 aromatic rings. The summed E-state index contributed by atoms with van der Waals surface area (Å²) in [6.07, 6.45) is 4.11. The number of anilines is 1.